The lowest BCUT2D eigenvalue weighted by Crippen LogP contribution is -2.18. The third kappa shape index (κ3) is 3.34. The van der Waals surface area contributed by atoms with Crippen LogP contribution in [0.15, 0.2) is 6.07 Å². The molecule has 1 aromatic carbocycles. The number of unbranched alkanes of at least 4 members (excludes halogenated alkanes) is 3. The molecule has 0 spiro atoms. The van der Waals surface area contributed by atoms with Gasteiger partial charge in [0.05, 0.1) is 0 Å². The van der Waals surface area contributed by atoms with Crippen LogP contribution in [-0.4, -0.2) is 0 Å². The maximum absolute atomic E-state index is 14.0. The Labute approximate surface area is 115 Å². The molecule has 0 N–H and O–H groups in total. The van der Waals surface area contributed by atoms with Gasteiger partial charge in [0.2, 0.25) is 0 Å². The molecule has 0 radical (unpaired) electrons. The van der Waals surface area contributed by atoms with E-state index in [2.05, 4.69) is 6.92 Å². The summed E-state index contributed by atoms with van der Waals surface area (Å²) in [6.45, 7) is 3.85. The lowest BCUT2D eigenvalue weighted by molar-refractivity contribution is 0.389. The minimum Gasteiger partial charge on any atom is -0.207 e. The number of halogens is 2. The van der Waals surface area contributed by atoms with Gasteiger partial charge in [-0.3, -0.25) is 0 Å². The van der Waals surface area contributed by atoms with E-state index in [0.29, 0.717) is 29.0 Å². The van der Waals surface area contributed by atoms with Crippen molar-refractivity contribution in [3.05, 3.63) is 34.4 Å². The molecule has 1 unspecified atom stereocenters. The normalized spacial score (nSPS) is 18.4. The van der Waals surface area contributed by atoms with Crippen molar-refractivity contribution < 1.29 is 8.78 Å². The first-order valence-electron chi connectivity index (χ1n) is 7.59. The Morgan fingerprint density at radius 3 is 2.68 bits per heavy atom. The molecular weight excluding hydrogens is 242 g/mol. The summed E-state index contributed by atoms with van der Waals surface area (Å²) in [6.07, 6.45) is 8.63. The first-order chi connectivity index (χ1) is 9.13. The van der Waals surface area contributed by atoms with Gasteiger partial charge in [0.25, 0.3) is 0 Å². The molecule has 2 rings (SSSR count). The van der Waals surface area contributed by atoms with E-state index in [1.54, 1.807) is 6.92 Å². The highest BCUT2D eigenvalue weighted by Crippen LogP contribution is 2.33. The van der Waals surface area contributed by atoms with Crippen molar-refractivity contribution in [2.45, 2.75) is 65.2 Å². The number of fused-ring (bicyclic) bond motifs is 1. The molecule has 19 heavy (non-hydrogen) atoms. The van der Waals surface area contributed by atoms with Gasteiger partial charge in [-0.25, -0.2) is 8.78 Å². The zero-order chi connectivity index (χ0) is 13.8. The van der Waals surface area contributed by atoms with Crippen LogP contribution in [0.5, 0.6) is 0 Å². The van der Waals surface area contributed by atoms with Crippen molar-refractivity contribution in [3.63, 3.8) is 0 Å². The Bertz CT molecular complexity index is 437. The molecule has 0 fully saturated rings. The lowest BCUT2D eigenvalue weighted by atomic mass is 9.80. The Morgan fingerprint density at radius 2 is 1.95 bits per heavy atom. The number of hydrogen-bond acceptors (Lipinski definition) is 0. The summed E-state index contributed by atoms with van der Waals surface area (Å²) in [6, 6.07) is 1.35. The smallest absolute Gasteiger partial charge is 0.129 e. The van der Waals surface area contributed by atoms with Crippen LogP contribution in [0.25, 0.3) is 0 Å². The number of benzene rings is 1. The van der Waals surface area contributed by atoms with Crippen LogP contribution in [0, 0.1) is 24.5 Å². The van der Waals surface area contributed by atoms with E-state index in [9.17, 15) is 8.78 Å². The van der Waals surface area contributed by atoms with Gasteiger partial charge in [0.1, 0.15) is 11.6 Å². The Morgan fingerprint density at radius 1 is 1.16 bits per heavy atom. The quantitative estimate of drug-likeness (QED) is 0.630. The minimum atomic E-state index is -0.202. The second-order valence-corrected chi connectivity index (χ2v) is 5.90. The zero-order valence-electron chi connectivity index (χ0n) is 12.1. The van der Waals surface area contributed by atoms with Crippen LogP contribution in [-0.2, 0) is 12.8 Å². The Kier molecular flexibility index (Phi) is 4.95. The van der Waals surface area contributed by atoms with Crippen LogP contribution >= 0.6 is 0 Å². The molecule has 1 aromatic rings. The first kappa shape index (κ1) is 14.5. The molecule has 0 heterocycles. The second-order valence-electron chi connectivity index (χ2n) is 5.90. The van der Waals surface area contributed by atoms with Crippen LogP contribution < -0.4 is 0 Å². The molecule has 0 nitrogen and oxygen atoms in total. The van der Waals surface area contributed by atoms with Gasteiger partial charge in [-0.05, 0) is 54.9 Å². The van der Waals surface area contributed by atoms with Crippen molar-refractivity contribution in [2.75, 3.05) is 0 Å². The number of rotatable bonds is 5. The predicted molar refractivity (Wildman–Crippen MR) is 75.4 cm³/mol. The summed E-state index contributed by atoms with van der Waals surface area (Å²) in [4.78, 5) is 0. The van der Waals surface area contributed by atoms with Gasteiger partial charge in [-0.2, -0.15) is 0 Å². The third-order valence-electron chi connectivity index (χ3n) is 4.37. The summed E-state index contributed by atoms with van der Waals surface area (Å²) in [5.41, 5.74) is 1.73. The van der Waals surface area contributed by atoms with Gasteiger partial charge in [0.15, 0.2) is 0 Å². The van der Waals surface area contributed by atoms with Gasteiger partial charge in [-0.1, -0.05) is 39.0 Å². The van der Waals surface area contributed by atoms with E-state index in [-0.39, 0.29) is 11.6 Å². The molecular formula is C17H24F2. The lowest BCUT2D eigenvalue weighted by Gasteiger charge is -2.26. The highest BCUT2D eigenvalue weighted by Gasteiger charge is 2.24. The SMILES string of the molecule is CCCCCCC1CCc2c(F)c(C)cc(F)c2C1. The summed E-state index contributed by atoms with van der Waals surface area (Å²) >= 11 is 0. The van der Waals surface area contributed by atoms with Gasteiger partial charge in [0, 0.05) is 0 Å². The molecule has 0 bridgehead atoms. The predicted octanol–water partition coefficient (Wildman–Crippen LogP) is 5.35. The Balaban J connectivity index is 2.01. The highest BCUT2D eigenvalue weighted by molar-refractivity contribution is 5.36. The molecule has 2 heteroatoms. The van der Waals surface area contributed by atoms with E-state index in [0.717, 1.165) is 19.3 Å². The fraction of sp³-hybridized carbons (Fsp3) is 0.647. The molecule has 0 aromatic heterocycles. The number of aryl methyl sites for hydroxylation is 1. The summed E-state index contributed by atoms with van der Waals surface area (Å²) < 4.78 is 27.9. The molecule has 0 saturated carbocycles. The standard InChI is InChI=1S/C17H24F2/c1-3-4-5-6-7-13-8-9-14-15(11-13)16(18)10-12(2)17(14)19/h10,13H,3-9,11H2,1-2H3. The molecule has 0 aliphatic heterocycles. The van der Waals surface area contributed by atoms with Crippen molar-refractivity contribution in [2.24, 2.45) is 5.92 Å². The molecule has 106 valence electrons. The summed E-state index contributed by atoms with van der Waals surface area (Å²) in [5.74, 6) is 0.161. The van der Waals surface area contributed by atoms with Crippen LogP contribution in [0.1, 0.15) is 62.1 Å². The van der Waals surface area contributed by atoms with Crippen LogP contribution in [0.3, 0.4) is 0 Å². The Hall–Kier alpha value is -0.920. The zero-order valence-corrected chi connectivity index (χ0v) is 12.1. The molecule has 0 amide bonds. The van der Waals surface area contributed by atoms with Crippen molar-refractivity contribution in [1.29, 1.82) is 0 Å². The fourth-order valence-corrected chi connectivity index (χ4v) is 3.18. The summed E-state index contributed by atoms with van der Waals surface area (Å²) in [7, 11) is 0. The maximum atomic E-state index is 14.0. The number of hydrogen-bond donors (Lipinski definition) is 0. The third-order valence-corrected chi connectivity index (χ3v) is 4.37. The fourth-order valence-electron chi connectivity index (χ4n) is 3.18. The van der Waals surface area contributed by atoms with Crippen LogP contribution in [0.4, 0.5) is 8.78 Å². The van der Waals surface area contributed by atoms with E-state index < -0.39 is 0 Å². The summed E-state index contributed by atoms with van der Waals surface area (Å²) in [5, 5.41) is 0. The van der Waals surface area contributed by atoms with Crippen LogP contribution in [0.2, 0.25) is 0 Å². The van der Waals surface area contributed by atoms with Gasteiger partial charge in [-0.15, -0.1) is 0 Å². The van der Waals surface area contributed by atoms with Crippen molar-refractivity contribution >= 4 is 0 Å². The highest BCUT2D eigenvalue weighted by atomic mass is 19.1. The maximum Gasteiger partial charge on any atom is 0.129 e. The second kappa shape index (κ2) is 6.49. The first-order valence-corrected chi connectivity index (χ1v) is 7.59. The van der Waals surface area contributed by atoms with E-state index in [1.165, 1.54) is 31.7 Å². The average Bonchev–Trinajstić information content (AvgIpc) is 2.41. The minimum absolute atomic E-state index is 0.180. The molecule has 1 atom stereocenters. The molecule has 1 aliphatic rings. The largest absolute Gasteiger partial charge is 0.207 e. The van der Waals surface area contributed by atoms with Gasteiger partial charge >= 0.3 is 0 Å². The molecule has 1 aliphatic carbocycles. The van der Waals surface area contributed by atoms with E-state index >= 15 is 0 Å². The topological polar surface area (TPSA) is 0 Å². The van der Waals surface area contributed by atoms with Crippen molar-refractivity contribution in [1.82, 2.24) is 0 Å². The average molecular weight is 266 g/mol. The van der Waals surface area contributed by atoms with Gasteiger partial charge < -0.3 is 0 Å². The van der Waals surface area contributed by atoms with Crippen molar-refractivity contribution in [3.8, 4) is 0 Å². The van der Waals surface area contributed by atoms with E-state index in [1.807, 2.05) is 0 Å². The monoisotopic (exact) mass is 266 g/mol. The molecule has 0 saturated heterocycles. The van der Waals surface area contributed by atoms with E-state index in [4.69, 9.17) is 0 Å².